The first kappa shape index (κ1) is 21.5. The Morgan fingerprint density at radius 2 is 1.91 bits per heavy atom. The number of aromatic nitrogens is 2. The molecule has 1 aliphatic heterocycles. The van der Waals surface area contributed by atoms with Crippen molar-refractivity contribution in [3.05, 3.63) is 88.2 Å². The van der Waals surface area contributed by atoms with Crippen molar-refractivity contribution in [1.82, 2.24) is 14.9 Å². The Morgan fingerprint density at radius 3 is 2.70 bits per heavy atom. The van der Waals surface area contributed by atoms with E-state index in [1.165, 1.54) is 12.1 Å². The van der Waals surface area contributed by atoms with Crippen LogP contribution in [0.2, 0.25) is 0 Å². The summed E-state index contributed by atoms with van der Waals surface area (Å²) in [5, 5.41) is 0. The Hall–Kier alpha value is -3.39. The third kappa shape index (κ3) is 4.57. The summed E-state index contributed by atoms with van der Waals surface area (Å²) < 4.78 is 43.9. The smallest absolute Gasteiger partial charge is 0.408 e. The lowest BCUT2D eigenvalue weighted by atomic mass is 9.90. The van der Waals surface area contributed by atoms with Gasteiger partial charge in [-0.1, -0.05) is 24.3 Å². The van der Waals surface area contributed by atoms with Crippen LogP contribution in [0.4, 0.5) is 13.2 Å². The normalized spacial score (nSPS) is 17.5. The van der Waals surface area contributed by atoms with Gasteiger partial charge in [0.15, 0.2) is 5.58 Å². The van der Waals surface area contributed by atoms with Crippen LogP contribution in [0.5, 0.6) is 0 Å². The van der Waals surface area contributed by atoms with Gasteiger partial charge in [0, 0.05) is 42.5 Å². The predicted molar refractivity (Wildman–Crippen MR) is 119 cm³/mol. The van der Waals surface area contributed by atoms with Gasteiger partial charge in [-0.2, -0.15) is 13.2 Å². The number of alkyl halides is 3. The van der Waals surface area contributed by atoms with Crippen LogP contribution in [0, 0.1) is 0 Å². The molecule has 3 heterocycles. The van der Waals surface area contributed by atoms with E-state index in [2.05, 4.69) is 14.9 Å². The molecular weight excluding hydrogens is 431 g/mol. The molecule has 2 aromatic carbocycles. The second-order valence-electron chi connectivity index (χ2n) is 8.47. The number of fused-ring (bicyclic) bond motifs is 1. The van der Waals surface area contributed by atoms with E-state index in [-0.39, 0.29) is 5.92 Å². The first-order valence-electron chi connectivity index (χ1n) is 10.8. The molecule has 5 nitrogen and oxygen atoms in total. The molecule has 0 bridgehead atoms. The van der Waals surface area contributed by atoms with Gasteiger partial charge in [0.1, 0.15) is 0 Å². The minimum atomic E-state index is -4.35. The number of hydrogen-bond donors (Lipinski definition) is 1. The van der Waals surface area contributed by atoms with Gasteiger partial charge in [-0.3, -0.25) is 14.9 Å². The number of nitrogens with zero attached hydrogens (tertiary/aromatic N) is 2. The quantitative estimate of drug-likeness (QED) is 0.438. The maximum Gasteiger partial charge on any atom is 0.417 e. The topological polar surface area (TPSA) is 62.1 Å². The van der Waals surface area contributed by atoms with Crippen LogP contribution in [0.1, 0.15) is 35.4 Å². The van der Waals surface area contributed by atoms with Crippen molar-refractivity contribution in [2.45, 2.75) is 31.5 Å². The summed E-state index contributed by atoms with van der Waals surface area (Å²) in [7, 11) is 0. The van der Waals surface area contributed by atoms with Gasteiger partial charge in [0.25, 0.3) is 0 Å². The van der Waals surface area contributed by atoms with E-state index >= 15 is 0 Å². The number of likely N-dealkylation sites (tertiary alicyclic amines) is 1. The first-order valence-corrected chi connectivity index (χ1v) is 10.8. The largest absolute Gasteiger partial charge is 0.417 e. The van der Waals surface area contributed by atoms with Crippen LogP contribution in [0.15, 0.2) is 70.1 Å². The van der Waals surface area contributed by atoms with Gasteiger partial charge >= 0.3 is 11.9 Å². The average molecular weight is 453 g/mol. The molecule has 1 N–H and O–H groups in total. The molecule has 0 radical (unpaired) electrons. The summed E-state index contributed by atoms with van der Waals surface area (Å²) in [6.45, 7) is 2.44. The lowest BCUT2D eigenvalue weighted by molar-refractivity contribution is -0.137. The van der Waals surface area contributed by atoms with Crippen molar-refractivity contribution in [2.75, 3.05) is 13.1 Å². The summed E-state index contributed by atoms with van der Waals surface area (Å²) in [4.78, 5) is 21.0. The number of benzene rings is 2. The highest BCUT2D eigenvalue weighted by molar-refractivity contribution is 5.76. The number of hydrogen-bond acceptors (Lipinski definition) is 4. The number of pyridine rings is 1. The minimum absolute atomic E-state index is 0.243. The first-order chi connectivity index (χ1) is 15.9. The third-order valence-electron chi connectivity index (χ3n) is 6.17. The summed E-state index contributed by atoms with van der Waals surface area (Å²) in [5.74, 6) is -0.205. The standard InChI is InChI=1S/C25H22F3N3O2/c26-25(27,28)20-8-6-17(7-9-20)19-11-16(12-29-13-19)14-31-10-2-3-18(15-31)21-4-1-5-22-23(21)33-24(32)30-22/h1,4-9,11-13,18H,2-3,10,14-15H2,(H,30,32). The highest BCUT2D eigenvalue weighted by Crippen LogP contribution is 2.33. The fourth-order valence-electron chi connectivity index (χ4n) is 4.61. The van der Waals surface area contributed by atoms with Gasteiger partial charge in [-0.15, -0.1) is 0 Å². The highest BCUT2D eigenvalue weighted by Gasteiger charge is 2.30. The molecular formula is C25H22F3N3O2. The molecule has 2 aromatic heterocycles. The van der Waals surface area contributed by atoms with Gasteiger partial charge in [0.2, 0.25) is 0 Å². The molecule has 1 fully saturated rings. The number of halogens is 3. The van der Waals surface area contributed by atoms with E-state index < -0.39 is 17.5 Å². The molecule has 0 amide bonds. The molecule has 0 saturated carbocycles. The maximum atomic E-state index is 12.8. The monoisotopic (exact) mass is 453 g/mol. The van der Waals surface area contributed by atoms with Crippen LogP contribution < -0.4 is 5.76 Å². The molecule has 0 aliphatic carbocycles. The molecule has 1 atom stereocenters. The van der Waals surface area contributed by atoms with Crippen LogP contribution >= 0.6 is 0 Å². The number of piperidine rings is 1. The van der Waals surface area contributed by atoms with E-state index in [0.29, 0.717) is 23.2 Å². The third-order valence-corrected chi connectivity index (χ3v) is 6.17. The molecule has 5 rings (SSSR count). The second kappa shape index (κ2) is 8.51. The number of para-hydroxylation sites is 1. The Balaban J connectivity index is 1.33. The van der Waals surface area contributed by atoms with E-state index in [9.17, 15) is 18.0 Å². The summed E-state index contributed by atoms with van der Waals surface area (Å²) in [5.41, 5.74) is 4.19. The van der Waals surface area contributed by atoms with E-state index in [1.807, 2.05) is 24.3 Å². The van der Waals surface area contributed by atoms with E-state index in [0.717, 1.165) is 54.8 Å². The zero-order valence-electron chi connectivity index (χ0n) is 17.7. The molecule has 8 heteroatoms. The number of oxazole rings is 1. The van der Waals surface area contributed by atoms with Crippen molar-refractivity contribution >= 4 is 11.1 Å². The zero-order valence-corrected chi connectivity index (χ0v) is 17.7. The number of aromatic amines is 1. The molecule has 1 aliphatic rings. The molecule has 33 heavy (non-hydrogen) atoms. The maximum absolute atomic E-state index is 12.8. The van der Waals surface area contributed by atoms with Crippen molar-refractivity contribution in [1.29, 1.82) is 0 Å². The van der Waals surface area contributed by atoms with E-state index in [4.69, 9.17) is 4.42 Å². The Morgan fingerprint density at radius 1 is 1.09 bits per heavy atom. The molecule has 1 saturated heterocycles. The molecule has 170 valence electrons. The van der Waals surface area contributed by atoms with Crippen molar-refractivity contribution in [3.8, 4) is 11.1 Å². The summed E-state index contributed by atoms with van der Waals surface area (Å²) in [6, 6.07) is 12.9. The van der Waals surface area contributed by atoms with Crippen molar-refractivity contribution < 1.29 is 17.6 Å². The number of H-pyrrole nitrogens is 1. The van der Waals surface area contributed by atoms with Gasteiger partial charge in [-0.25, -0.2) is 4.79 Å². The van der Waals surface area contributed by atoms with Crippen LogP contribution in [0.25, 0.3) is 22.2 Å². The minimum Gasteiger partial charge on any atom is -0.408 e. The summed E-state index contributed by atoms with van der Waals surface area (Å²) >= 11 is 0. The van der Waals surface area contributed by atoms with Crippen LogP contribution in [0.3, 0.4) is 0 Å². The Kier molecular flexibility index (Phi) is 5.54. The molecule has 1 unspecified atom stereocenters. The van der Waals surface area contributed by atoms with Crippen molar-refractivity contribution in [3.63, 3.8) is 0 Å². The highest BCUT2D eigenvalue weighted by atomic mass is 19.4. The number of rotatable bonds is 4. The van der Waals surface area contributed by atoms with Gasteiger partial charge < -0.3 is 4.42 Å². The van der Waals surface area contributed by atoms with Gasteiger partial charge in [-0.05, 0) is 54.8 Å². The fourth-order valence-corrected chi connectivity index (χ4v) is 4.61. The SMILES string of the molecule is O=c1[nH]c2cccc(C3CCCN(Cc4cncc(-c5ccc(C(F)(F)F)cc5)c4)C3)c2o1. The molecule has 4 aromatic rings. The van der Waals surface area contributed by atoms with Crippen LogP contribution in [-0.4, -0.2) is 28.0 Å². The van der Waals surface area contributed by atoms with Gasteiger partial charge in [0.05, 0.1) is 11.1 Å². The lowest BCUT2D eigenvalue weighted by Crippen LogP contribution is -2.34. The lowest BCUT2D eigenvalue weighted by Gasteiger charge is -2.33. The Bertz CT molecular complexity index is 1330. The number of nitrogens with one attached hydrogen (secondary N) is 1. The average Bonchev–Trinajstić information content (AvgIpc) is 3.19. The zero-order chi connectivity index (χ0) is 23.0. The van der Waals surface area contributed by atoms with Crippen LogP contribution in [-0.2, 0) is 12.7 Å². The Labute approximate surface area is 187 Å². The fraction of sp³-hybridized carbons (Fsp3) is 0.280. The van der Waals surface area contributed by atoms with E-state index in [1.54, 1.807) is 12.4 Å². The predicted octanol–water partition coefficient (Wildman–Crippen LogP) is 5.58. The second-order valence-corrected chi connectivity index (χ2v) is 8.47. The summed E-state index contributed by atoms with van der Waals surface area (Å²) in [6.07, 6.45) is 1.13. The molecule has 0 spiro atoms. The van der Waals surface area contributed by atoms with Crippen molar-refractivity contribution in [2.24, 2.45) is 0 Å².